The van der Waals surface area contributed by atoms with Gasteiger partial charge in [-0.1, -0.05) is 70.4 Å². The summed E-state index contributed by atoms with van der Waals surface area (Å²) in [5, 5.41) is 0. The van der Waals surface area contributed by atoms with Gasteiger partial charge in [0, 0.05) is 12.0 Å². The fourth-order valence-electron chi connectivity index (χ4n) is 3.41. The molecule has 1 aromatic carbocycles. The summed E-state index contributed by atoms with van der Waals surface area (Å²) in [5.41, 5.74) is 7.09. The smallest absolute Gasteiger partial charge is 0.162 e. The summed E-state index contributed by atoms with van der Waals surface area (Å²) in [7, 11) is 1.58. The van der Waals surface area contributed by atoms with Gasteiger partial charge in [-0.2, -0.15) is 0 Å². The van der Waals surface area contributed by atoms with Gasteiger partial charge in [0.05, 0.1) is 12.8 Å². The topological polar surface area (TPSA) is 52.3 Å². The van der Waals surface area contributed by atoms with Crippen molar-refractivity contribution in [3.8, 4) is 5.75 Å². The average Bonchev–Trinajstić information content (AvgIpc) is 2.70. The summed E-state index contributed by atoms with van der Waals surface area (Å²) in [5.74, 6) is 0.796. The minimum Gasteiger partial charge on any atom is -0.495 e. The Bertz CT molecular complexity index is 566. The van der Waals surface area contributed by atoms with E-state index in [-0.39, 0.29) is 5.78 Å². The number of allylic oxidation sites excluding steroid dienone is 2. The van der Waals surface area contributed by atoms with Crippen LogP contribution < -0.4 is 10.5 Å². The Labute approximate surface area is 172 Å². The van der Waals surface area contributed by atoms with Gasteiger partial charge in [-0.3, -0.25) is 4.79 Å². The monoisotopic (exact) mass is 387 g/mol. The minimum atomic E-state index is 0.173. The van der Waals surface area contributed by atoms with E-state index in [9.17, 15) is 4.79 Å². The lowest BCUT2D eigenvalue weighted by Gasteiger charge is -2.06. The van der Waals surface area contributed by atoms with E-state index in [0.29, 0.717) is 23.4 Å². The van der Waals surface area contributed by atoms with Crippen LogP contribution in [0.3, 0.4) is 0 Å². The predicted molar refractivity (Wildman–Crippen MR) is 121 cm³/mol. The molecule has 0 fully saturated rings. The number of hydrogen-bond acceptors (Lipinski definition) is 3. The zero-order valence-electron chi connectivity index (χ0n) is 18.2. The molecular formula is C25H41NO2. The second-order valence-corrected chi connectivity index (χ2v) is 7.71. The molecule has 0 atom stereocenters. The molecule has 0 saturated heterocycles. The summed E-state index contributed by atoms with van der Waals surface area (Å²) in [6.45, 7) is 2.27. The first kappa shape index (κ1) is 24.3. The molecule has 3 nitrogen and oxygen atoms in total. The Hall–Kier alpha value is -1.77. The molecule has 0 unspecified atom stereocenters. The molecule has 0 heterocycles. The van der Waals surface area contributed by atoms with Gasteiger partial charge in [-0.25, -0.2) is 0 Å². The SMILES string of the molecule is CCCCCCCC/C=C\CCCCCCCC(=O)c1ccc(OC)c(N)c1. The Morgan fingerprint density at radius 2 is 1.46 bits per heavy atom. The lowest BCUT2D eigenvalue weighted by atomic mass is 10.0. The number of rotatable bonds is 17. The van der Waals surface area contributed by atoms with Crippen LogP contribution in [0.15, 0.2) is 30.4 Å². The molecule has 28 heavy (non-hydrogen) atoms. The molecule has 0 bridgehead atoms. The first-order chi connectivity index (χ1) is 13.7. The number of benzene rings is 1. The molecule has 3 heteroatoms. The van der Waals surface area contributed by atoms with Gasteiger partial charge in [0.1, 0.15) is 5.75 Å². The molecule has 0 amide bonds. The Morgan fingerprint density at radius 1 is 0.893 bits per heavy atom. The van der Waals surface area contributed by atoms with Crippen LogP contribution in [0, 0.1) is 0 Å². The molecule has 2 N–H and O–H groups in total. The largest absolute Gasteiger partial charge is 0.495 e. The third-order valence-corrected chi connectivity index (χ3v) is 5.22. The van der Waals surface area contributed by atoms with Crippen molar-refractivity contribution < 1.29 is 9.53 Å². The second-order valence-electron chi connectivity index (χ2n) is 7.71. The van der Waals surface area contributed by atoms with E-state index in [0.717, 1.165) is 12.8 Å². The Balaban J connectivity index is 1.97. The van der Waals surface area contributed by atoms with Gasteiger partial charge in [0.25, 0.3) is 0 Å². The summed E-state index contributed by atoms with van der Waals surface area (Å²) in [6.07, 6.45) is 21.8. The fourth-order valence-corrected chi connectivity index (χ4v) is 3.41. The number of ether oxygens (including phenoxy) is 1. The summed E-state index contributed by atoms with van der Waals surface area (Å²) < 4.78 is 5.13. The lowest BCUT2D eigenvalue weighted by molar-refractivity contribution is 0.0979. The minimum absolute atomic E-state index is 0.173. The highest BCUT2D eigenvalue weighted by Gasteiger charge is 2.08. The van der Waals surface area contributed by atoms with Crippen LogP contribution in [0.1, 0.15) is 107 Å². The summed E-state index contributed by atoms with van der Waals surface area (Å²) in [4.78, 5) is 12.2. The van der Waals surface area contributed by atoms with Crippen LogP contribution in [-0.2, 0) is 0 Å². The molecule has 158 valence electrons. The molecule has 0 aliphatic rings. The van der Waals surface area contributed by atoms with Crippen molar-refractivity contribution in [2.24, 2.45) is 0 Å². The second kappa shape index (κ2) is 16.2. The molecule has 0 aliphatic heterocycles. The first-order valence-corrected chi connectivity index (χ1v) is 11.3. The van der Waals surface area contributed by atoms with Gasteiger partial charge < -0.3 is 10.5 Å². The molecular weight excluding hydrogens is 346 g/mol. The lowest BCUT2D eigenvalue weighted by Crippen LogP contribution is -2.01. The highest BCUT2D eigenvalue weighted by molar-refractivity contribution is 5.97. The fraction of sp³-hybridized carbons (Fsp3) is 0.640. The van der Waals surface area contributed by atoms with Crippen molar-refractivity contribution in [2.75, 3.05) is 12.8 Å². The first-order valence-electron chi connectivity index (χ1n) is 11.3. The maximum Gasteiger partial charge on any atom is 0.162 e. The van der Waals surface area contributed by atoms with Gasteiger partial charge >= 0.3 is 0 Å². The number of methoxy groups -OCH3 is 1. The number of Topliss-reactive ketones (excluding diaryl/α,β-unsaturated/α-hetero) is 1. The van der Waals surface area contributed by atoms with Crippen LogP contribution in [0.4, 0.5) is 5.69 Å². The Kier molecular flexibility index (Phi) is 14.0. The standard InChI is InChI=1S/C25H41NO2/c1-3-4-5-6-7-8-9-10-11-12-13-14-15-16-17-18-24(27)22-19-20-25(28-2)23(26)21-22/h10-11,19-21H,3-9,12-18,26H2,1-2H3/b11-10-. The number of carbonyl (C=O) groups excluding carboxylic acids is 1. The van der Waals surface area contributed by atoms with E-state index >= 15 is 0 Å². The number of nitrogen functional groups attached to an aromatic ring is 1. The van der Waals surface area contributed by atoms with E-state index in [1.807, 2.05) is 0 Å². The maximum absolute atomic E-state index is 12.2. The van der Waals surface area contributed by atoms with Gasteiger partial charge in [-0.05, 0) is 50.3 Å². The van der Waals surface area contributed by atoms with Crippen molar-refractivity contribution in [3.63, 3.8) is 0 Å². The zero-order chi connectivity index (χ0) is 20.5. The molecule has 0 spiro atoms. The van der Waals surface area contributed by atoms with Crippen LogP contribution in [0.2, 0.25) is 0 Å². The Morgan fingerprint density at radius 3 is 2.04 bits per heavy atom. The van der Waals surface area contributed by atoms with E-state index in [4.69, 9.17) is 10.5 Å². The number of hydrogen-bond donors (Lipinski definition) is 1. The van der Waals surface area contributed by atoms with Crippen molar-refractivity contribution in [1.82, 2.24) is 0 Å². The van der Waals surface area contributed by atoms with Gasteiger partial charge in [0.2, 0.25) is 0 Å². The van der Waals surface area contributed by atoms with E-state index in [1.54, 1.807) is 25.3 Å². The molecule has 0 radical (unpaired) electrons. The van der Waals surface area contributed by atoms with E-state index in [2.05, 4.69) is 19.1 Å². The van der Waals surface area contributed by atoms with Crippen LogP contribution in [0.25, 0.3) is 0 Å². The summed E-state index contributed by atoms with van der Waals surface area (Å²) >= 11 is 0. The van der Waals surface area contributed by atoms with Crippen molar-refractivity contribution in [3.05, 3.63) is 35.9 Å². The van der Waals surface area contributed by atoms with Crippen LogP contribution in [-0.4, -0.2) is 12.9 Å². The molecule has 0 aromatic heterocycles. The maximum atomic E-state index is 12.2. The molecule has 0 saturated carbocycles. The van der Waals surface area contributed by atoms with E-state index in [1.165, 1.54) is 70.6 Å². The van der Waals surface area contributed by atoms with Crippen molar-refractivity contribution in [1.29, 1.82) is 0 Å². The third-order valence-electron chi connectivity index (χ3n) is 5.22. The van der Waals surface area contributed by atoms with Crippen molar-refractivity contribution >= 4 is 11.5 Å². The summed E-state index contributed by atoms with van der Waals surface area (Å²) in [6, 6.07) is 5.29. The molecule has 1 rings (SSSR count). The average molecular weight is 388 g/mol. The van der Waals surface area contributed by atoms with Crippen LogP contribution >= 0.6 is 0 Å². The number of unbranched alkanes of at least 4 members (excludes halogenated alkanes) is 11. The van der Waals surface area contributed by atoms with E-state index < -0.39 is 0 Å². The van der Waals surface area contributed by atoms with Crippen LogP contribution in [0.5, 0.6) is 5.75 Å². The quantitative estimate of drug-likeness (QED) is 0.130. The predicted octanol–water partition coefficient (Wildman–Crippen LogP) is 7.50. The highest BCUT2D eigenvalue weighted by Crippen LogP contribution is 2.23. The number of carbonyl (C=O) groups is 1. The van der Waals surface area contributed by atoms with Crippen molar-refractivity contribution in [2.45, 2.75) is 96.8 Å². The number of nitrogens with two attached hydrogens (primary N) is 1. The normalized spacial score (nSPS) is 11.2. The molecule has 0 aliphatic carbocycles. The highest BCUT2D eigenvalue weighted by atomic mass is 16.5. The zero-order valence-corrected chi connectivity index (χ0v) is 18.2. The third kappa shape index (κ3) is 11.2. The van der Waals surface area contributed by atoms with Gasteiger partial charge in [0.15, 0.2) is 5.78 Å². The van der Waals surface area contributed by atoms with Gasteiger partial charge in [-0.15, -0.1) is 0 Å². The molecule has 1 aromatic rings. The number of ketones is 1. The number of anilines is 1.